The molecule has 0 saturated carbocycles. The topological polar surface area (TPSA) is 76.1 Å². The Morgan fingerprint density at radius 3 is 2.40 bits per heavy atom. The van der Waals surface area contributed by atoms with Crippen LogP contribution in [0.1, 0.15) is 19.3 Å². The van der Waals surface area contributed by atoms with Gasteiger partial charge in [0.1, 0.15) is 23.6 Å². The first-order chi connectivity index (χ1) is 14.5. The highest BCUT2D eigenvalue weighted by atomic mass is 32.2. The number of hydrogen-bond donors (Lipinski definition) is 0. The average molecular weight is 431 g/mol. The van der Waals surface area contributed by atoms with E-state index >= 15 is 0 Å². The Kier molecular flexibility index (Phi) is 5.97. The van der Waals surface area contributed by atoms with Crippen molar-refractivity contribution >= 4 is 15.9 Å². The molecule has 0 unspecified atom stereocenters. The fourth-order valence-corrected chi connectivity index (χ4v) is 5.74. The standard InChI is InChI=1S/C22H26N2O5S/c1-28-18-10-7-11-20(14-18)30(26,27)24-16-19(29-17-8-3-2-4-9-17)15-21(24)22(25)23-12-5-6-13-23/h2-4,7-11,14,19,21H,5-6,12-13,15-16H2,1H3/t19-,21-/m0/s1. The van der Waals surface area contributed by atoms with E-state index in [0.29, 0.717) is 31.0 Å². The monoisotopic (exact) mass is 430 g/mol. The fraction of sp³-hybridized carbons (Fsp3) is 0.409. The Bertz CT molecular complexity index is 990. The number of amides is 1. The van der Waals surface area contributed by atoms with Gasteiger partial charge in [-0.2, -0.15) is 4.31 Å². The normalized spacial score (nSPS) is 22.2. The van der Waals surface area contributed by atoms with Crippen molar-refractivity contribution in [3.05, 3.63) is 54.6 Å². The van der Waals surface area contributed by atoms with Crippen LogP contribution in [0.15, 0.2) is 59.5 Å². The van der Waals surface area contributed by atoms with Gasteiger partial charge in [-0.15, -0.1) is 0 Å². The molecule has 0 radical (unpaired) electrons. The highest BCUT2D eigenvalue weighted by Gasteiger charge is 2.46. The van der Waals surface area contributed by atoms with Crippen molar-refractivity contribution in [3.8, 4) is 11.5 Å². The number of ether oxygens (including phenoxy) is 2. The van der Waals surface area contributed by atoms with Crippen LogP contribution in [0.2, 0.25) is 0 Å². The Morgan fingerprint density at radius 2 is 1.70 bits per heavy atom. The number of benzene rings is 2. The van der Waals surface area contributed by atoms with Gasteiger partial charge >= 0.3 is 0 Å². The van der Waals surface area contributed by atoms with Crippen molar-refractivity contribution in [3.63, 3.8) is 0 Å². The van der Waals surface area contributed by atoms with Gasteiger partial charge in [0, 0.05) is 25.6 Å². The predicted octanol–water partition coefficient (Wildman–Crippen LogP) is 2.53. The summed E-state index contributed by atoms with van der Waals surface area (Å²) in [7, 11) is -2.40. The maximum atomic E-state index is 13.5. The molecule has 8 heteroatoms. The van der Waals surface area contributed by atoms with Crippen LogP contribution in [0.3, 0.4) is 0 Å². The van der Waals surface area contributed by atoms with Crippen LogP contribution in [-0.4, -0.2) is 62.4 Å². The Labute approximate surface area is 177 Å². The van der Waals surface area contributed by atoms with Gasteiger partial charge in [0.25, 0.3) is 0 Å². The first-order valence-electron chi connectivity index (χ1n) is 10.2. The van der Waals surface area contributed by atoms with Gasteiger partial charge in [0.15, 0.2) is 0 Å². The number of rotatable bonds is 6. The van der Waals surface area contributed by atoms with E-state index in [0.717, 1.165) is 12.8 Å². The maximum absolute atomic E-state index is 13.5. The summed E-state index contributed by atoms with van der Waals surface area (Å²) >= 11 is 0. The molecule has 1 amide bonds. The number of sulfonamides is 1. The van der Waals surface area contributed by atoms with Crippen LogP contribution in [-0.2, 0) is 14.8 Å². The van der Waals surface area contributed by atoms with E-state index in [1.165, 1.54) is 23.5 Å². The lowest BCUT2D eigenvalue weighted by Crippen LogP contribution is -2.46. The number of likely N-dealkylation sites (tertiary alicyclic amines) is 1. The molecule has 0 spiro atoms. The molecule has 2 atom stereocenters. The number of nitrogens with zero attached hydrogens (tertiary/aromatic N) is 2. The molecule has 2 aromatic carbocycles. The Morgan fingerprint density at radius 1 is 1.00 bits per heavy atom. The lowest BCUT2D eigenvalue weighted by atomic mass is 10.2. The molecule has 0 N–H and O–H groups in total. The van der Waals surface area contributed by atoms with Crippen molar-refractivity contribution in [1.82, 2.24) is 9.21 Å². The largest absolute Gasteiger partial charge is 0.497 e. The fourth-order valence-electron chi connectivity index (χ4n) is 4.08. The van der Waals surface area contributed by atoms with E-state index in [9.17, 15) is 13.2 Å². The number of carbonyl (C=O) groups excluding carboxylic acids is 1. The van der Waals surface area contributed by atoms with E-state index in [1.54, 1.807) is 17.0 Å². The van der Waals surface area contributed by atoms with Crippen molar-refractivity contribution in [2.24, 2.45) is 0 Å². The highest BCUT2D eigenvalue weighted by molar-refractivity contribution is 7.89. The molecule has 2 fully saturated rings. The Balaban J connectivity index is 1.63. The zero-order valence-corrected chi connectivity index (χ0v) is 17.8. The molecule has 0 bridgehead atoms. The van der Waals surface area contributed by atoms with E-state index in [4.69, 9.17) is 9.47 Å². The molecular weight excluding hydrogens is 404 g/mol. The van der Waals surface area contributed by atoms with Gasteiger partial charge in [0.05, 0.1) is 18.6 Å². The molecule has 4 rings (SSSR count). The number of carbonyl (C=O) groups is 1. The molecule has 7 nitrogen and oxygen atoms in total. The summed E-state index contributed by atoms with van der Waals surface area (Å²) in [6.07, 6.45) is 1.83. The van der Waals surface area contributed by atoms with Gasteiger partial charge in [-0.1, -0.05) is 24.3 Å². The molecule has 2 heterocycles. The second kappa shape index (κ2) is 8.65. The summed E-state index contributed by atoms with van der Waals surface area (Å²) in [5, 5.41) is 0. The van der Waals surface area contributed by atoms with Crippen LogP contribution < -0.4 is 9.47 Å². The summed E-state index contributed by atoms with van der Waals surface area (Å²) in [4.78, 5) is 15.1. The van der Waals surface area contributed by atoms with Gasteiger partial charge in [-0.25, -0.2) is 8.42 Å². The van der Waals surface area contributed by atoms with Crippen LogP contribution >= 0.6 is 0 Å². The summed E-state index contributed by atoms with van der Waals surface area (Å²) in [5.41, 5.74) is 0. The molecule has 2 saturated heterocycles. The molecule has 2 aliphatic rings. The third-order valence-electron chi connectivity index (χ3n) is 5.61. The molecular formula is C22H26N2O5S. The van der Waals surface area contributed by atoms with Gasteiger partial charge < -0.3 is 14.4 Å². The SMILES string of the molecule is COc1cccc(S(=O)(=O)N2C[C@@H](Oc3ccccc3)C[C@H]2C(=O)N2CCCC2)c1. The summed E-state index contributed by atoms with van der Waals surface area (Å²) in [6.45, 7) is 1.47. The van der Waals surface area contributed by atoms with Crippen molar-refractivity contribution in [2.75, 3.05) is 26.7 Å². The van der Waals surface area contributed by atoms with E-state index in [-0.39, 0.29) is 17.3 Å². The van der Waals surface area contributed by atoms with Crippen molar-refractivity contribution in [2.45, 2.75) is 36.3 Å². The zero-order valence-electron chi connectivity index (χ0n) is 16.9. The van der Waals surface area contributed by atoms with Gasteiger partial charge in [-0.05, 0) is 37.1 Å². The van der Waals surface area contributed by atoms with Crippen LogP contribution in [0.25, 0.3) is 0 Å². The number of para-hydroxylation sites is 1. The first kappa shape index (κ1) is 20.7. The zero-order chi connectivity index (χ0) is 21.1. The first-order valence-corrected chi connectivity index (χ1v) is 11.6. The van der Waals surface area contributed by atoms with Crippen molar-refractivity contribution < 1.29 is 22.7 Å². The van der Waals surface area contributed by atoms with Crippen LogP contribution in [0, 0.1) is 0 Å². The van der Waals surface area contributed by atoms with Crippen LogP contribution in [0.4, 0.5) is 0 Å². The molecule has 160 valence electrons. The average Bonchev–Trinajstić information content (AvgIpc) is 3.45. The van der Waals surface area contributed by atoms with E-state index in [2.05, 4.69) is 0 Å². The molecule has 0 aromatic heterocycles. The second-order valence-electron chi connectivity index (χ2n) is 7.59. The minimum absolute atomic E-state index is 0.112. The van der Waals surface area contributed by atoms with E-state index in [1.807, 2.05) is 30.3 Å². The minimum atomic E-state index is -3.89. The molecule has 30 heavy (non-hydrogen) atoms. The molecule has 2 aliphatic heterocycles. The van der Waals surface area contributed by atoms with E-state index < -0.39 is 22.2 Å². The molecule has 0 aliphatic carbocycles. The summed E-state index contributed by atoms with van der Waals surface area (Å²) < 4.78 is 39.5. The third-order valence-corrected chi connectivity index (χ3v) is 7.48. The van der Waals surface area contributed by atoms with Crippen LogP contribution in [0.5, 0.6) is 11.5 Å². The minimum Gasteiger partial charge on any atom is -0.497 e. The Hall–Kier alpha value is -2.58. The quantitative estimate of drug-likeness (QED) is 0.704. The second-order valence-corrected chi connectivity index (χ2v) is 9.48. The number of methoxy groups -OCH3 is 1. The lowest BCUT2D eigenvalue weighted by molar-refractivity contribution is -0.133. The smallest absolute Gasteiger partial charge is 0.244 e. The number of hydrogen-bond acceptors (Lipinski definition) is 5. The summed E-state index contributed by atoms with van der Waals surface area (Å²) in [6, 6.07) is 14.8. The summed E-state index contributed by atoms with van der Waals surface area (Å²) in [5.74, 6) is 0.975. The lowest BCUT2D eigenvalue weighted by Gasteiger charge is -2.26. The maximum Gasteiger partial charge on any atom is 0.244 e. The van der Waals surface area contributed by atoms with Gasteiger partial charge in [-0.3, -0.25) is 4.79 Å². The predicted molar refractivity (Wildman–Crippen MR) is 112 cm³/mol. The third kappa shape index (κ3) is 4.15. The van der Waals surface area contributed by atoms with Gasteiger partial charge in [0.2, 0.25) is 15.9 Å². The molecule has 2 aromatic rings. The van der Waals surface area contributed by atoms with Crippen molar-refractivity contribution in [1.29, 1.82) is 0 Å². The highest BCUT2D eigenvalue weighted by Crippen LogP contribution is 2.31.